The molecule has 0 aliphatic rings. The first kappa shape index (κ1) is 26.7. The molecule has 0 spiro atoms. The molecule has 0 heterocycles. The Morgan fingerprint density at radius 3 is 1.61 bits per heavy atom. The fourth-order valence-electron chi connectivity index (χ4n) is 4.18. The molecule has 0 saturated carbocycles. The highest BCUT2D eigenvalue weighted by atomic mass is 16.6. The van der Waals surface area contributed by atoms with E-state index in [4.69, 9.17) is 9.47 Å². The molecule has 0 aliphatic carbocycles. The van der Waals surface area contributed by atoms with Crippen LogP contribution in [0.1, 0.15) is 29.2 Å². The number of hydrogen-bond acceptors (Lipinski definition) is 4. The zero-order valence-corrected chi connectivity index (χ0v) is 22.4. The first-order valence-corrected chi connectivity index (χ1v) is 13.0. The monoisotopic (exact) mass is 505 g/mol. The van der Waals surface area contributed by atoms with Gasteiger partial charge in [0.25, 0.3) is 0 Å². The number of rotatable bonds is 11. The van der Waals surface area contributed by atoms with Gasteiger partial charge in [0, 0.05) is 23.1 Å². The van der Waals surface area contributed by atoms with Gasteiger partial charge in [-0.25, -0.2) is 4.79 Å². The van der Waals surface area contributed by atoms with E-state index in [9.17, 15) is 4.79 Å². The van der Waals surface area contributed by atoms with E-state index in [-0.39, 0.29) is 6.10 Å². The molecule has 0 N–H and O–H groups in total. The minimum Gasteiger partial charge on any atom is -0.490 e. The molecule has 0 saturated heterocycles. The van der Waals surface area contributed by atoms with Crippen molar-refractivity contribution in [3.63, 3.8) is 0 Å². The highest BCUT2D eigenvalue weighted by molar-refractivity contribution is 5.81. The van der Waals surface area contributed by atoms with Crippen LogP contribution < -0.4 is 9.64 Å². The molecule has 38 heavy (non-hydrogen) atoms. The predicted molar refractivity (Wildman–Crippen MR) is 156 cm³/mol. The number of aryl methyl sites for hydroxylation is 4. The molecular formula is C34H35NO3. The van der Waals surface area contributed by atoms with Crippen LogP contribution in [0.5, 0.6) is 5.75 Å². The van der Waals surface area contributed by atoms with Crippen LogP contribution in [0.2, 0.25) is 0 Å². The lowest BCUT2D eigenvalue weighted by atomic mass is 10.0. The molecule has 0 aliphatic heterocycles. The molecular weight excluding hydrogens is 470 g/mol. The third-order valence-corrected chi connectivity index (χ3v) is 6.37. The molecule has 4 aromatic carbocycles. The van der Waals surface area contributed by atoms with Crippen LogP contribution in [0.4, 0.5) is 17.1 Å². The second-order valence-corrected chi connectivity index (χ2v) is 9.58. The summed E-state index contributed by atoms with van der Waals surface area (Å²) in [5.41, 5.74) is 8.45. The molecule has 1 atom stereocenters. The molecule has 0 fully saturated rings. The van der Waals surface area contributed by atoms with Gasteiger partial charge >= 0.3 is 5.97 Å². The number of hydrogen-bond donors (Lipinski definition) is 0. The molecule has 0 radical (unpaired) electrons. The van der Waals surface area contributed by atoms with Gasteiger partial charge in [-0.1, -0.05) is 66.2 Å². The van der Waals surface area contributed by atoms with Gasteiger partial charge in [0.1, 0.15) is 18.5 Å². The molecule has 4 rings (SSSR count). The molecule has 4 heteroatoms. The molecule has 4 nitrogen and oxygen atoms in total. The van der Waals surface area contributed by atoms with Gasteiger partial charge < -0.3 is 14.4 Å². The quantitative estimate of drug-likeness (QED) is 0.153. The lowest BCUT2D eigenvalue weighted by Gasteiger charge is -2.26. The summed E-state index contributed by atoms with van der Waals surface area (Å²) in [6, 6.07) is 34.2. The van der Waals surface area contributed by atoms with Gasteiger partial charge in [-0.3, -0.25) is 0 Å². The van der Waals surface area contributed by atoms with E-state index in [2.05, 4.69) is 110 Å². The van der Waals surface area contributed by atoms with Crippen LogP contribution in [-0.2, 0) is 22.4 Å². The molecule has 1 unspecified atom stereocenters. The van der Waals surface area contributed by atoms with E-state index in [0.29, 0.717) is 6.61 Å². The SMILES string of the molecule is C=CC(=O)OC(C)COc1ccc(CCc2ccc(N(c3ccc(C)cc3)c3ccc(C)cc3)cc2)cc1. The number of benzene rings is 4. The number of anilines is 3. The van der Waals surface area contributed by atoms with Gasteiger partial charge in [0.05, 0.1) is 0 Å². The Bertz CT molecular complexity index is 1280. The zero-order chi connectivity index (χ0) is 26.9. The Morgan fingerprint density at radius 2 is 1.16 bits per heavy atom. The Kier molecular flexibility index (Phi) is 8.99. The molecule has 0 bridgehead atoms. The zero-order valence-electron chi connectivity index (χ0n) is 22.4. The van der Waals surface area contributed by atoms with Crippen molar-refractivity contribution in [2.24, 2.45) is 0 Å². The fraction of sp³-hybridized carbons (Fsp3) is 0.206. The van der Waals surface area contributed by atoms with Crippen molar-refractivity contribution in [2.75, 3.05) is 11.5 Å². The van der Waals surface area contributed by atoms with E-state index < -0.39 is 5.97 Å². The van der Waals surface area contributed by atoms with E-state index >= 15 is 0 Å². The van der Waals surface area contributed by atoms with E-state index in [1.54, 1.807) is 6.92 Å². The average Bonchev–Trinajstić information content (AvgIpc) is 2.94. The largest absolute Gasteiger partial charge is 0.490 e. The van der Waals surface area contributed by atoms with Crippen molar-refractivity contribution in [1.82, 2.24) is 0 Å². The van der Waals surface area contributed by atoms with E-state index in [1.807, 2.05) is 12.1 Å². The number of carbonyl (C=O) groups excluding carboxylic acids is 1. The van der Waals surface area contributed by atoms with Crippen LogP contribution >= 0.6 is 0 Å². The second-order valence-electron chi connectivity index (χ2n) is 9.58. The smallest absolute Gasteiger partial charge is 0.330 e. The van der Waals surface area contributed by atoms with Crippen LogP contribution in [0.3, 0.4) is 0 Å². The van der Waals surface area contributed by atoms with Crippen molar-refractivity contribution in [1.29, 1.82) is 0 Å². The van der Waals surface area contributed by atoms with Crippen molar-refractivity contribution < 1.29 is 14.3 Å². The molecule has 4 aromatic rings. The summed E-state index contributed by atoms with van der Waals surface area (Å²) in [5, 5.41) is 0. The highest BCUT2D eigenvalue weighted by Crippen LogP contribution is 2.34. The lowest BCUT2D eigenvalue weighted by Crippen LogP contribution is -2.20. The maximum atomic E-state index is 11.3. The first-order valence-electron chi connectivity index (χ1n) is 13.0. The molecule has 0 amide bonds. The van der Waals surface area contributed by atoms with Crippen LogP contribution in [0.25, 0.3) is 0 Å². The number of carbonyl (C=O) groups is 1. The number of esters is 1. The van der Waals surface area contributed by atoms with Gasteiger partial charge in [-0.05, 0) is 93.3 Å². The van der Waals surface area contributed by atoms with Crippen molar-refractivity contribution in [3.05, 3.63) is 132 Å². The van der Waals surface area contributed by atoms with Gasteiger partial charge in [-0.15, -0.1) is 0 Å². The minimum absolute atomic E-state index is 0.299. The van der Waals surface area contributed by atoms with Gasteiger partial charge in [0.15, 0.2) is 0 Å². The summed E-state index contributed by atoms with van der Waals surface area (Å²) in [6.45, 7) is 9.72. The molecule has 0 aromatic heterocycles. The van der Waals surface area contributed by atoms with E-state index in [0.717, 1.165) is 41.7 Å². The molecule has 194 valence electrons. The van der Waals surface area contributed by atoms with Crippen LogP contribution in [0, 0.1) is 13.8 Å². The highest BCUT2D eigenvalue weighted by Gasteiger charge is 2.12. The summed E-state index contributed by atoms with van der Waals surface area (Å²) < 4.78 is 10.9. The summed E-state index contributed by atoms with van der Waals surface area (Å²) in [7, 11) is 0. The standard InChI is InChI=1S/C34H35NO3/c1-5-34(36)38-27(4)24-37-33-22-14-29(15-23-33)11-10-28-12-20-32(21-13-28)35(30-16-6-25(2)7-17-30)31-18-8-26(3)9-19-31/h5-9,12-23,27H,1,10-11,24H2,2-4H3. The maximum Gasteiger partial charge on any atom is 0.330 e. The Hall–Kier alpha value is -4.31. The third kappa shape index (κ3) is 7.36. The lowest BCUT2D eigenvalue weighted by molar-refractivity contribution is -0.143. The number of ether oxygens (including phenoxy) is 2. The normalized spacial score (nSPS) is 11.4. The van der Waals surface area contributed by atoms with Crippen LogP contribution in [-0.4, -0.2) is 18.7 Å². The van der Waals surface area contributed by atoms with Gasteiger partial charge in [-0.2, -0.15) is 0 Å². The van der Waals surface area contributed by atoms with Crippen LogP contribution in [0.15, 0.2) is 110 Å². The average molecular weight is 506 g/mol. The fourth-order valence-corrected chi connectivity index (χ4v) is 4.18. The summed E-state index contributed by atoms with van der Waals surface area (Å²) >= 11 is 0. The van der Waals surface area contributed by atoms with Gasteiger partial charge in [0.2, 0.25) is 0 Å². The Labute approximate surface area is 226 Å². The van der Waals surface area contributed by atoms with E-state index in [1.165, 1.54) is 22.3 Å². The van der Waals surface area contributed by atoms with Crippen molar-refractivity contribution in [2.45, 2.75) is 39.7 Å². The first-order chi connectivity index (χ1) is 18.4. The number of nitrogens with zero attached hydrogens (tertiary/aromatic N) is 1. The van der Waals surface area contributed by atoms with Crippen molar-refractivity contribution in [3.8, 4) is 5.75 Å². The topological polar surface area (TPSA) is 38.8 Å². The predicted octanol–water partition coefficient (Wildman–Crippen LogP) is 8.05. The maximum absolute atomic E-state index is 11.3. The van der Waals surface area contributed by atoms with Crippen molar-refractivity contribution >= 4 is 23.0 Å². The summed E-state index contributed by atoms with van der Waals surface area (Å²) in [4.78, 5) is 13.6. The Balaban J connectivity index is 1.38. The Morgan fingerprint density at radius 1 is 0.737 bits per heavy atom. The third-order valence-electron chi connectivity index (χ3n) is 6.37. The minimum atomic E-state index is -0.442. The second kappa shape index (κ2) is 12.8. The summed E-state index contributed by atoms with van der Waals surface area (Å²) in [6.07, 6.45) is 2.70. The summed E-state index contributed by atoms with van der Waals surface area (Å²) in [5.74, 6) is 0.314.